The average molecular weight is 233 g/mol. The minimum atomic E-state index is 0.0425. The molecule has 0 aliphatic rings. The van der Waals surface area contributed by atoms with Crippen LogP contribution in [0.1, 0.15) is 17.9 Å². The smallest absolute Gasteiger partial charge is 0.220 e. The molecule has 0 radical (unpaired) electrons. The van der Waals surface area contributed by atoms with Crippen molar-refractivity contribution in [2.45, 2.75) is 19.3 Å². The number of aromatic nitrogens is 4. The second-order valence-corrected chi connectivity index (χ2v) is 3.71. The molecule has 2 aromatic heterocycles. The molecule has 0 unspecified atom stereocenters. The first kappa shape index (κ1) is 11.4. The van der Waals surface area contributed by atoms with Gasteiger partial charge in [-0.25, -0.2) is 9.97 Å². The molecule has 2 heterocycles. The van der Waals surface area contributed by atoms with Gasteiger partial charge in [-0.05, 0) is 0 Å². The molecular weight excluding hydrogens is 218 g/mol. The third kappa shape index (κ3) is 3.75. The van der Waals surface area contributed by atoms with Crippen LogP contribution < -0.4 is 5.32 Å². The fourth-order valence-corrected chi connectivity index (χ4v) is 1.51. The van der Waals surface area contributed by atoms with Crippen molar-refractivity contribution in [1.29, 1.82) is 0 Å². The van der Waals surface area contributed by atoms with Crippen LogP contribution in [-0.4, -0.2) is 32.4 Å². The lowest BCUT2D eigenvalue weighted by molar-refractivity contribution is -0.121. The highest BCUT2D eigenvalue weighted by atomic mass is 16.1. The average Bonchev–Trinajstić information content (AvgIpc) is 2.99. The predicted molar refractivity (Wildman–Crippen MR) is 62.2 cm³/mol. The second kappa shape index (κ2) is 5.83. The summed E-state index contributed by atoms with van der Waals surface area (Å²) in [6.07, 6.45) is 8.70. The molecule has 3 N–H and O–H groups in total. The van der Waals surface area contributed by atoms with E-state index < -0.39 is 0 Å². The number of H-pyrrole nitrogens is 2. The topological polar surface area (TPSA) is 86.5 Å². The van der Waals surface area contributed by atoms with Crippen LogP contribution in [0.2, 0.25) is 0 Å². The first-order valence-corrected chi connectivity index (χ1v) is 5.57. The summed E-state index contributed by atoms with van der Waals surface area (Å²) < 4.78 is 0. The van der Waals surface area contributed by atoms with Crippen LogP contribution in [0.4, 0.5) is 0 Å². The zero-order chi connectivity index (χ0) is 11.9. The number of nitrogens with one attached hydrogen (secondary N) is 3. The Kier molecular flexibility index (Phi) is 3.90. The summed E-state index contributed by atoms with van der Waals surface area (Å²) in [6.45, 7) is 0.624. The number of amides is 1. The van der Waals surface area contributed by atoms with Gasteiger partial charge in [-0.1, -0.05) is 0 Å². The number of aryl methyl sites for hydroxylation is 1. The van der Waals surface area contributed by atoms with Gasteiger partial charge in [0.2, 0.25) is 5.91 Å². The Labute approximate surface area is 98.9 Å². The van der Waals surface area contributed by atoms with E-state index in [4.69, 9.17) is 0 Å². The van der Waals surface area contributed by atoms with Gasteiger partial charge in [-0.15, -0.1) is 0 Å². The molecule has 0 saturated heterocycles. The highest BCUT2D eigenvalue weighted by Gasteiger charge is 2.03. The van der Waals surface area contributed by atoms with E-state index in [0.717, 1.165) is 17.9 Å². The molecule has 0 aliphatic carbocycles. The fraction of sp³-hybridized carbons (Fsp3) is 0.364. The molecule has 0 aliphatic heterocycles. The summed E-state index contributed by atoms with van der Waals surface area (Å²) in [5.74, 6) is 0.884. The zero-order valence-corrected chi connectivity index (χ0v) is 9.44. The van der Waals surface area contributed by atoms with Gasteiger partial charge in [-0.3, -0.25) is 4.79 Å². The van der Waals surface area contributed by atoms with Gasteiger partial charge in [0.1, 0.15) is 5.82 Å². The predicted octanol–water partition coefficient (Wildman–Crippen LogP) is 0.424. The first-order chi connectivity index (χ1) is 8.34. The molecule has 0 saturated carbocycles. The Morgan fingerprint density at radius 1 is 1.35 bits per heavy atom. The van der Waals surface area contributed by atoms with E-state index in [1.807, 2.05) is 0 Å². The van der Waals surface area contributed by atoms with Crippen LogP contribution in [0.3, 0.4) is 0 Å². The summed E-state index contributed by atoms with van der Waals surface area (Å²) >= 11 is 0. The van der Waals surface area contributed by atoms with Crippen LogP contribution >= 0.6 is 0 Å². The highest BCUT2D eigenvalue weighted by Crippen LogP contribution is 1.95. The molecule has 90 valence electrons. The Morgan fingerprint density at radius 2 is 2.29 bits per heavy atom. The fourth-order valence-electron chi connectivity index (χ4n) is 1.51. The SMILES string of the molecule is O=C(CCc1ncc[nH]1)NCCc1cnc[nH]1. The minimum absolute atomic E-state index is 0.0425. The van der Waals surface area contributed by atoms with Crippen molar-refractivity contribution in [2.75, 3.05) is 6.54 Å². The van der Waals surface area contributed by atoms with Gasteiger partial charge in [0.05, 0.1) is 6.33 Å². The molecule has 1 amide bonds. The van der Waals surface area contributed by atoms with Gasteiger partial charge in [0.25, 0.3) is 0 Å². The number of aromatic amines is 2. The van der Waals surface area contributed by atoms with Crippen LogP contribution in [0.25, 0.3) is 0 Å². The van der Waals surface area contributed by atoms with Crippen molar-refractivity contribution >= 4 is 5.91 Å². The van der Waals surface area contributed by atoms with Crippen molar-refractivity contribution < 1.29 is 4.79 Å². The van der Waals surface area contributed by atoms with E-state index >= 15 is 0 Å². The van der Waals surface area contributed by atoms with E-state index in [9.17, 15) is 4.79 Å². The minimum Gasteiger partial charge on any atom is -0.356 e. The summed E-state index contributed by atoms with van der Waals surface area (Å²) in [7, 11) is 0. The second-order valence-electron chi connectivity index (χ2n) is 3.71. The molecule has 6 heteroatoms. The normalized spacial score (nSPS) is 10.4. The summed E-state index contributed by atoms with van der Waals surface area (Å²) in [5.41, 5.74) is 1.02. The Morgan fingerprint density at radius 3 is 3.00 bits per heavy atom. The number of rotatable bonds is 6. The lowest BCUT2D eigenvalue weighted by Gasteiger charge is -2.03. The van der Waals surface area contributed by atoms with Crippen molar-refractivity contribution in [2.24, 2.45) is 0 Å². The third-order valence-corrected chi connectivity index (χ3v) is 2.42. The summed E-state index contributed by atoms with van der Waals surface area (Å²) in [5, 5.41) is 2.85. The van der Waals surface area contributed by atoms with Gasteiger partial charge < -0.3 is 15.3 Å². The quantitative estimate of drug-likeness (QED) is 0.676. The highest BCUT2D eigenvalue weighted by molar-refractivity contribution is 5.76. The molecule has 0 atom stereocenters. The number of nitrogens with zero attached hydrogens (tertiary/aromatic N) is 2. The number of hydrogen-bond donors (Lipinski definition) is 3. The van der Waals surface area contributed by atoms with Crippen LogP contribution in [0, 0.1) is 0 Å². The van der Waals surface area contributed by atoms with Crippen LogP contribution in [0.15, 0.2) is 24.9 Å². The van der Waals surface area contributed by atoms with Crippen molar-refractivity contribution in [3.63, 3.8) is 0 Å². The van der Waals surface area contributed by atoms with E-state index in [1.165, 1.54) is 0 Å². The molecule has 6 nitrogen and oxygen atoms in total. The number of hydrogen-bond acceptors (Lipinski definition) is 3. The standard InChI is InChI=1S/C11H15N5O/c17-11(2-1-10-13-5-6-14-10)15-4-3-9-7-12-8-16-9/h5-8H,1-4H2,(H,12,16)(H,13,14)(H,15,17). The molecule has 17 heavy (non-hydrogen) atoms. The molecule has 0 spiro atoms. The van der Waals surface area contributed by atoms with Gasteiger partial charge >= 0.3 is 0 Å². The molecule has 2 aromatic rings. The summed E-state index contributed by atoms with van der Waals surface area (Å²) in [4.78, 5) is 25.4. The maximum Gasteiger partial charge on any atom is 0.220 e. The van der Waals surface area contributed by atoms with Gasteiger partial charge in [0, 0.05) is 50.1 Å². The number of carbonyl (C=O) groups excluding carboxylic acids is 1. The van der Waals surface area contributed by atoms with Crippen molar-refractivity contribution in [1.82, 2.24) is 25.3 Å². The van der Waals surface area contributed by atoms with Crippen LogP contribution in [0.5, 0.6) is 0 Å². The molecular formula is C11H15N5O. The maximum absolute atomic E-state index is 11.5. The maximum atomic E-state index is 11.5. The van der Waals surface area contributed by atoms with E-state index in [-0.39, 0.29) is 5.91 Å². The van der Waals surface area contributed by atoms with E-state index in [0.29, 0.717) is 19.4 Å². The number of carbonyl (C=O) groups is 1. The van der Waals surface area contributed by atoms with Crippen LogP contribution in [-0.2, 0) is 17.6 Å². The summed E-state index contributed by atoms with van der Waals surface area (Å²) in [6, 6.07) is 0. The lowest BCUT2D eigenvalue weighted by Crippen LogP contribution is -2.26. The van der Waals surface area contributed by atoms with E-state index in [1.54, 1.807) is 24.9 Å². The molecule has 0 fully saturated rings. The molecule has 2 rings (SSSR count). The molecule has 0 aromatic carbocycles. The van der Waals surface area contributed by atoms with Crippen molar-refractivity contribution in [3.05, 3.63) is 36.4 Å². The van der Waals surface area contributed by atoms with E-state index in [2.05, 4.69) is 25.3 Å². The Balaban J connectivity index is 1.61. The van der Waals surface area contributed by atoms with Crippen molar-refractivity contribution in [3.8, 4) is 0 Å². The number of imidazole rings is 2. The van der Waals surface area contributed by atoms with Gasteiger partial charge in [-0.2, -0.15) is 0 Å². The monoisotopic (exact) mass is 233 g/mol. The third-order valence-electron chi connectivity index (χ3n) is 2.42. The largest absolute Gasteiger partial charge is 0.356 e. The first-order valence-electron chi connectivity index (χ1n) is 5.57. The lowest BCUT2D eigenvalue weighted by atomic mass is 10.2. The molecule has 0 bridgehead atoms. The van der Waals surface area contributed by atoms with Gasteiger partial charge in [0.15, 0.2) is 0 Å². The zero-order valence-electron chi connectivity index (χ0n) is 9.44. The Hall–Kier alpha value is -2.11. The Bertz CT molecular complexity index is 434.